The van der Waals surface area contributed by atoms with Crippen molar-refractivity contribution in [1.82, 2.24) is 23.6 Å². The van der Waals surface area contributed by atoms with Gasteiger partial charge in [0.1, 0.15) is 0 Å². The average molecular weight is 377 g/mol. The van der Waals surface area contributed by atoms with Crippen molar-refractivity contribution in [3.63, 3.8) is 0 Å². The maximum Gasteiger partial charge on any atom is 0.277 e. The lowest BCUT2D eigenvalue weighted by Crippen LogP contribution is -2.41. The molecule has 0 spiro atoms. The predicted octanol–water partition coefficient (Wildman–Crippen LogP) is 0.709. The fraction of sp³-hybridized carbons (Fsp3) is 0.588. The molecule has 1 fully saturated rings. The second kappa shape index (κ2) is 6.62. The Balaban J connectivity index is 1.62. The van der Waals surface area contributed by atoms with Gasteiger partial charge in [0.15, 0.2) is 0 Å². The third-order valence-electron chi connectivity index (χ3n) is 5.30. The molecule has 1 unspecified atom stereocenters. The van der Waals surface area contributed by atoms with Gasteiger partial charge < -0.3 is 4.57 Å². The third-order valence-corrected chi connectivity index (χ3v) is 7.25. The molecule has 3 heterocycles. The van der Waals surface area contributed by atoms with E-state index in [0.29, 0.717) is 6.54 Å². The molecule has 1 atom stereocenters. The van der Waals surface area contributed by atoms with Crippen LogP contribution in [0.1, 0.15) is 36.9 Å². The Morgan fingerprint density at radius 1 is 1.23 bits per heavy atom. The summed E-state index contributed by atoms with van der Waals surface area (Å²) in [5, 5.41) is 4.57. The molecule has 0 radical (unpaired) electrons. The average Bonchev–Trinajstić information content (AvgIpc) is 3.25. The standard InChI is InChI=1S/C17H23N5O3S/c1-20-10-8-18-17(20)26(24,25)22-9-4-6-14(22)12-21-16(23)11-13-5-2-3-7-15(13)19-21/h8,10-11,14H,2-7,9,12H2,1H3. The van der Waals surface area contributed by atoms with Crippen molar-refractivity contribution in [3.8, 4) is 0 Å². The van der Waals surface area contributed by atoms with Gasteiger partial charge in [0.2, 0.25) is 5.16 Å². The minimum atomic E-state index is -3.68. The van der Waals surface area contributed by atoms with E-state index >= 15 is 0 Å². The van der Waals surface area contributed by atoms with Crippen molar-refractivity contribution in [3.05, 3.63) is 40.1 Å². The minimum absolute atomic E-state index is 0.0372. The van der Waals surface area contributed by atoms with E-state index in [2.05, 4.69) is 10.1 Å². The van der Waals surface area contributed by atoms with Crippen LogP contribution in [-0.2, 0) is 36.5 Å². The molecule has 140 valence electrons. The Hall–Kier alpha value is -2.00. The van der Waals surface area contributed by atoms with Crippen LogP contribution < -0.4 is 5.56 Å². The van der Waals surface area contributed by atoms with Gasteiger partial charge in [0, 0.05) is 38.1 Å². The quantitative estimate of drug-likeness (QED) is 0.783. The monoisotopic (exact) mass is 377 g/mol. The highest BCUT2D eigenvalue weighted by Crippen LogP contribution is 2.26. The maximum atomic E-state index is 13.0. The highest BCUT2D eigenvalue weighted by atomic mass is 32.2. The fourth-order valence-corrected chi connectivity index (χ4v) is 5.71. The molecule has 8 nitrogen and oxygen atoms in total. The molecule has 1 aliphatic heterocycles. The van der Waals surface area contributed by atoms with Crippen LogP contribution in [0.5, 0.6) is 0 Å². The molecular formula is C17H23N5O3S. The summed E-state index contributed by atoms with van der Waals surface area (Å²) in [6.07, 6.45) is 8.55. The Morgan fingerprint density at radius 2 is 2.04 bits per heavy atom. The van der Waals surface area contributed by atoms with Crippen LogP contribution in [0, 0.1) is 0 Å². The number of rotatable bonds is 4. The molecule has 1 saturated heterocycles. The molecule has 9 heteroatoms. The van der Waals surface area contributed by atoms with Crippen LogP contribution in [0.2, 0.25) is 0 Å². The van der Waals surface area contributed by atoms with Crippen molar-refractivity contribution >= 4 is 10.0 Å². The zero-order chi connectivity index (χ0) is 18.3. The first-order valence-corrected chi connectivity index (χ1v) is 10.5. The van der Waals surface area contributed by atoms with Gasteiger partial charge in [-0.3, -0.25) is 4.79 Å². The molecule has 4 rings (SSSR count). The zero-order valence-corrected chi connectivity index (χ0v) is 15.7. The number of fused-ring (bicyclic) bond motifs is 1. The molecule has 0 bridgehead atoms. The van der Waals surface area contributed by atoms with Crippen LogP contribution in [0.3, 0.4) is 0 Å². The van der Waals surface area contributed by atoms with E-state index in [-0.39, 0.29) is 23.3 Å². The summed E-state index contributed by atoms with van der Waals surface area (Å²) in [6.45, 7) is 0.731. The normalized spacial score (nSPS) is 21.0. The van der Waals surface area contributed by atoms with Gasteiger partial charge >= 0.3 is 0 Å². The molecule has 0 N–H and O–H groups in total. The van der Waals surface area contributed by atoms with Crippen LogP contribution in [-0.4, -0.2) is 44.6 Å². The minimum Gasteiger partial charge on any atom is -0.324 e. The van der Waals surface area contributed by atoms with E-state index < -0.39 is 10.0 Å². The number of imidazole rings is 1. The van der Waals surface area contributed by atoms with E-state index in [9.17, 15) is 13.2 Å². The number of hydrogen-bond acceptors (Lipinski definition) is 5. The van der Waals surface area contributed by atoms with Crippen molar-refractivity contribution in [2.24, 2.45) is 7.05 Å². The van der Waals surface area contributed by atoms with Gasteiger partial charge in [-0.2, -0.15) is 9.40 Å². The molecule has 0 amide bonds. The predicted molar refractivity (Wildman–Crippen MR) is 95.3 cm³/mol. The van der Waals surface area contributed by atoms with Crippen LogP contribution in [0.25, 0.3) is 0 Å². The Labute approximate surface area is 152 Å². The second-order valence-electron chi connectivity index (χ2n) is 7.08. The maximum absolute atomic E-state index is 13.0. The molecule has 0 saturated carbocycles. The summed E-state index contributed by atoms with van der Waals surface area (Å²) < 4.78 is 30.4. The van der Waals surface area contributed by atoms with Crippen LogP contribution in [0.4, 0.5) is 0 Å². The number of sulfonamides is 1. The number of aryl methyl sites for hydroxylation is 3. The summed E-state index contributed by atoms with van der Waals surface area (Å²) in [6, 6.07) is 1.40. The summed E-state index contributed by atoms with van der Waals surface area (Å²) in [4.78, 5) is 16.4. The molecule has 0 aromatic carbocycles. The highest BCUT2D eigenvalue weighted by Gasteiger charge is 2.38. The van der Waals surface area contributed by atoms with E-state index in [1.807, 2.05) is 0 Å². The Kier molecular flexibility index (Phi) is 4.44. The lowest BCUT2D eigenvalue weighted by molar-refractivity contribution is 0.330. The summed E-state index contributed by atoms with van der Waals surface area (Å²) >= 11 is 0. The zero-order valence-electron chi connectivity index (χ0n) is 14.8. The SMILES string of the molecule is Cn1ccnc1S(=O)(=O)N1CCCC1Cn1nc2c(cc1=O)CCCC2. The summed E-state index contributed by atoms with van der Waals surface area (Å²) in [7, 11) is -2.02. The van der Waals surface area contributed by atoms with Crippen LogP contribution >= 0.6 is 0 Å². The topological polar surface area (TPSA) is 90.1 Å². The van der Waals surface area contributed by atoms with Crippen LogP contribution in [0.15, 0.2) is 28.4 Å². The van der Waals surface area contributed by atoms with Gasteiger partial charge in [-0.25, -0.2) is 18.1 Å². The third kappa shape index (κ3) is 2.99. The smallest absolute Gasteiger partial charge is 0.277 e. The molecule has 2 aromatic rings. The van der Waals surface area contributed by atoms with Gasteiger partial charge in [-0.05, 0) is 44.1 Å². The lowest BCUT2D eigenvalue weighted by atomic mass is 9.97. The van der Waals surface area contributed by atoms with Crippen molar-refractivity contribution in [1.29, 1.82) is 0 Å². The summed E-state index contributed by atoms with van der Waals surface area (Å²) in [5.74, 6) is 0. The number of nitrogens with zero attached hydrogens (tertiary/aromatic N) is 5. The van der Waals surface area contributed by atoms with E-state index in [4.69, 9.17) is 0 Å². The van der Waals surface area contributed by atoms with Gasteiger partial charge in [-0.15, -0.1) is 0 Å². The van der Waals surface area contributed by atoms with E-state index in [1.165, 1.54) is 19.8 Å². The van der Waals surface area contributed by atoms with Crippen molar-refractivity contribution in [2.45, 2.75) is 56.3 Å². The Morgan fingerprint density at radius 3 is 2.81 bits per heavy atom. The fourth-order valence-electron chi connectivity index (χ4n) is 3.94. The highest BCUT2D eigenvalue weighted by molar-refractivity contribution is 7.89. The van der Waals surface area contributed by atoms with E-state index in [0.717, 1.165) is 49.8 Å². The first-order chi connectivity index (χ1) is 12.5. The molecule has 26 heavy (non-hydrogen) atoms. The Bertz CT molecular complexity index is 979. The van der Waals surface area contributed by atoms with E-state index in [1.54, 1.807) is 19.3 Å². The molecular weight excluding hydrogens is 354 g/mol. The van der Waals surface area contributed by atoms with Crippen molar-refractivity contribution < 1.29 is 8.42 Å². The first-order valence-electron chi connectivity index (χ1n) is 9.06. The number of hydrogen-bond donors (Lipinski definition) is 0. The second-order valence-corrected chi connectivity index (χ2v) is 8.86. The number of aromatic nitrogens is 4. The van der Waals surface area contributed by atoms with Gasteiger partial charge in [-0.1, -0.05) is 0 Å². The van der Waals surface area contributed by atoms with Crippen molar-refractivity contribution in [2.75, 3.05) is 6.54 Å². The molecule has 1 aliphatic carbocycles. The first kappa shape index (κ1) is 17.4. The molecule has 2 aliphatic rings. The largest absolute Gasteiger partial charge is 0.324 e. The summed E-state index contributed by atoms with van der Waals surface area (Å²) in [5.41, 5.74) is 1.88. The molecule has 2 aromatic heterocycles. The van der Waals surface area contributed by atoms with Gasteiger partial charge in [0.25, 0.3) is 15.6 Å². The van der Waals surface area contributed by atoms with Gasteiger partial charge in [0.05, 0.1) is 12.2 Å². The lowest BCUT2D eigenvalue weighted by Gasteiger charge is -2.24.